The van der Waals surface area contributed by atoms with Gasteiger partial charge in [0.2, 0.25) is 13.4 Å². The molecular weight excluding hydrogens is 1350 g/mol. The van der Waals surface area contributed by atoms with Gasteiger partial charge in [-0.1, -0.05) is 298 Å². The molecule has 522 valence electrons. The normalized spacial score (nSPS) is 12.7. The number of hydrogen-bond donors (Lipinski definition) is 0. The summed E-state index contributed by atoms with van der Waals surface area (Å²) in [4.78, 5) is 12.3. The number of hydrogen-bond acceptors (Lipinski definition) is 6. The van der Waals surface area contributed by atoms with Gasteiger partial charge in [-0.3, -0.25) is 4.39 Å². The molecule has 17 rings (SSSR count). The quantitative estimate of drug-likeness (QED) is 0.0554. The molecule has 2 heterocycles. The summed E-state index contributed by atoms with van der Waals surface area (Å²) in [6.45, 7) is 5.22. The van der Waals surface area contributed by atoms with Crippen molar-refractivity contribution < 1.29 is 13.2 Å². The summed E-state index contributed by atoms with van der Waals surface area (Å²) in [5.74, 6) is -1.75. The highest BCUT2D eigenvalue weighted by molar-refractivity contribution is 7.99. The minimum atomic E-state index is -0.716. The van der Waals surface area contributed by atoms with Crippen molar-refractivity contribution in [2.45, 2.75) is 37.4 Å². The molecular formula is C97H76B2F3N5S. The number of rotatable bonds is 20. The van der Waals surface area contributed by atoms with Gasteiger partial charge >= 0.3 is 0 Å². The minimum Gasteiger partial charge on any atom is -0.335 e. The molecule has 0 spiro atoms. The fraction of sp³-hybridized carbons (Fsp3) is 0.0722. The van der Waals surface area contributed by atoms with E-state index in [9.17, 15) is 0 Å². The monoisotopic (exact) mass is 1420 g/mol. The summed E-state index contributed by atoms with van der Waals surface area (Å²) >= 11 is 1.51. The van der Waals surface area contributed by atoms with Crippen molar-refractivity contribution in [2.24, 2.45) is 0 Å². The molecule has 0 radical (unpaired) electrons. The summed E-state index contributed by atoms with van der Waals surface area (Å²) in [6, 6.07) is 127. The van der Waals surface area contributed by atoms with E-state index in [2.05, 4.69) is 350 Å². The van der Waals surface area contributed by atoms with E-state index in [4.69, 9.17) is 0 Å². The van der Waals surface area contributed by atoms with Crippen LogP contribution in [0.1, 0.15) is 13.8 Å². The average Bonchev–Trinajstić information content (AvgIpc) is 0.723. The molecule has 0 saturated carbocycles. The molecule has 0 bridgehead atoms. The molecule has 15 aromatic carbocycles. The van der Waals surface area contributed by atoms with Crippen LogP contribution in [0.5, 0.6) is 0 Å². The van der Waals surface area contributed by atoms with E-state index < -0.39 is 36.9 Å². The Labute approximate surface area is 636 Å². The molecule has 2 atom stereocenters. The van der Waals surface area contributed by atoms with Gasteiger partial charge in [0.15, 0.2) is 0 Å². The number of para-hydroxylation sites is 9. The second-order valence-corrected chi connectivity index (χ2v) is 28.9. The van der Waals surface area contributed by atoms with E-state index in [0.717, 1.165) is 140 Å². The maximum atomic E-state index is 18.3. The molecule has 0 amide bonds. The van der Waals surface area contributed by atoms with Gasteiger partial charge < -0.3 is 24.5 Å². The van der Waals surface area contributed by atoms with Crippen molar-refractivity contribution in [3.05, 3.63) is 382 Å². The Bertz CT molecular complexity index is 5520. The lowest BCUT2D eigenvalue weighted by Gasteiger charge is -2.46. The van der Waals surface area contributed by atoms with Gasteiger partial charge in [0.05, 0.1) is 23.7 Å². The smallest absolute Gasteiger partial charge is 0.221 e. The third-order valence-electron chi connectivity index (χ3n) is 21.5. The zero-order chi connectivity index (χ0) is 73.2. The van der Waals surface area contributed by atoms with E-state index in [0.29, 0.717) is 5.69 Å². The van der Waals surface area contributed by atoms with E-state index in [1.807, 2.05) is 47.4 Å². The predicted molar refractivity (Wildman–Crippen MR) is 453 cm³/mol. The fourth-order valence-electron chi connectivity index (χ4n) is 16.6. The first kappa shape index (κ1) is 68.7. The molecule has 1 unspecified atom stereocenters. The van der Waals surface area contributed by atoms with Crippen molar-refractivity contribution in [2.75, 3.05) is 36.9 Å². The first-order valence-corrected chi connectivity index (χ1v) is 38.0. The van der Waals surface area contributed by atoms with Crippen molar-refractivity contribution in [1.82, 2.24) is 0 Å². The lowest BCUT2D eigenvalue weighted by Crippen LogP contribution is -2.57. The molecule has 15 aromatic rings. The van der Waals surface area contributed by atoms with Gasteiger partial charge in [-0.25, -0.2) is 8.78 Å². The molecule has 5 nitrogen and oxygen atoms in total. The highest BCUT2D eigenvalue weighted by atomic mass is 32.2. The number of anilines is 14. The number of nitrogens with zero attached hydrogens (tertiary/aromatic N) is 5. The van der Waals surface area contributed by atoms with Crippen LogP contribution >= 0.6 is 11.8 Å². The lowest BCUT2D eigenvalue weighted by atomic mass is 9.31. The Hall–Kier alpha value is -12.4. The van der Waals surface area contributed by atoms with E-state index in [1.54, 1.807) is 0 Å². The van der Waals surface area contributed by atoms with Crippen LogP contribution in [0.3, 0.4) is 0 Å². The van der Waals surface area contributed by atoms with Crippen molar-refractivity contribution in [3.63, 3.8) is 0 Å². The standard InChI is InChI=1S/C97H76B2F3N5S/c1-67(68(2)103(97-85(101)57-34-58-86(97)102)89-63-77(104(73-43-20-8-21-44-73)74-45-22-9-23-46-74)64-90-93(89)98(3)83-55-28-30-59-87(83)106(90)76-49-26-11-27-50-76)99-84-56-29-31-60-88(84)107(96-81(71-39-16-6-17-40-71)53-33-54-82(96)72-41-18-7-19-42-72)91-65-78(66-92(94(91)99)108-62-61-100)105(75-47-24-10-25-48-75)95-79(69-35-12-4-13-36-69)51-32-52-80(95)70-37-14-5-15-38-70/h4-60,63-68H,61-62H2,1-3H3/t67-,68?/m1/s1. The Kier molecular flexibility index (Phi) is 19.2. The molecule has 0 saturated heterocycles. The Morgan fingerprint density at radius 3 is 1.26 bits per heavy atom. The van der Waals surface area contributed by atoms with E-state index in [1.165, 1.54) is 30.0 Å². The summed E-state index contributed by atoms with van der Waals surface area (Å²) in [7, 11) is 0. The van der Waals surface area contributed by atoms with Crippen LogP contribution in [0, 0.1) is 11.6 Å². The molecule has 0 aliphatic carbocycles. The third kappa shape index (κ3) is 12.7. The van der Waals surface area contributed by atoms with Crippen molar-refractivity contribution in [1.29, 1.82) is 0 Å². The molecule has 108 heavy (non-hydrogen) atoms. The van der Waals surface area contributed by atoms with Crippen LogP contribution in [-0.2, 0) is 0 Å². The van der Waals surface area contributed by atoms with Crippen LogP contribution in [-0.4, -0.2) is 31.9 Å². The third-order valence-corrected chi connectivity index (χ3v) is 22.5. The predicted octanol–water partition coefficient (Wildman–Crippen LogP) is 24.7. The number of halogens is 3. The molecule has 11 heteroatoms. The highest BCUT2D eigenvalue weighted by Crippen LogP contribution is 2.54. The molecule has 0 aromatic heterocycles. The van der Waals surface area contributed by atoms with Crippen LogP contribution in [0.2, 0.25) is 12.6 Å². The molecule has 0 fully saturated rings. The fourth-order valence-corrected chi connectivity index (χ4v) is 17.5. The van der Waals surface area contributed by atoms with Crippen molar-refractivity contribution >= 4 is 127 Å². The van der Waals surface area contributed by atoms with Gasteiger partial charge in [-0.05, 0) is 143 Å². The van der Waals surface area contributed by atoms with Crippen LogP contribution in [0.15, 0.2) is 375 Å². The largest absolute Gasteiger partial charge is 0.335 e. The SMILES string of the molecule is CB1c2ccccc2N(c2ccccc2)c2cc(N(c3ccccc3)c3ccccc3)cc(N(c3c(F)cccc3F)C(C)[C@@H](C)B3c4ccccc4N(c4c(-c5ccccc5)cccc4-c4ccccc4)c4cc(N(c5ccccc5)c5c(-c6ccccc6)cccc5-c5ccccc5)cc(SCCF)c43)c21. The zero-order valence-corrected chi connectivity index (χ0v) is 61.0. The minimum absolute atomic E-state index is 0.146. The maximum absolute atomic E-state index is 18.3. The number of alkyl halides is 1. The first-order valence-electron chi connectivity index (χ1n) is 37.1. The number of fused-ring (bicyclic) bond motifs is 4. The summed E-state index contributed by atoms with van der Waals surface area (Å²) < 4.78 is 52.7. The second-order valence-electron chi connectivity index (χ2n) is 27.7. The Balaban J connectivity index is 0.974. The van der Waals surface area contributed by atoms with Gasteiger partial charge in [0, 0.05) is 95.8 Å². The topological polar surface area (TPSA) is 16.2 Å². The van der Waals surface area contributed by atoms with Crippen LogP contribution in [0.25, 0.3) is 44.5 Å². The van der Waals surface area contributed by atoms with Gasteiger partial charge in [-0.2, -0.15) is 0 Å². The Morgan fingerprint density at radius 2 is 0.759 bits per heavy atom. The highest BCUT2D eigenvalue weighted by Gasteiger charge is 2.46. The average molecular weight is 1420 g/mol. The van der Waals surface area contributed by atoms with Gasteiger partial charge in [0.25, 0.3) is 0 Å². The summed E-state index contributed by atoms with van der Waals surface area (Å²) in [5.41, 5.74) is 23.5. The summed E-state index contributed by atoms with van der Waals surface area (Å²) in [5, 5.41) is 0. The first-order chi connectivity index (χ1) is 53.2. The van der Waals surface area contributed by atoms with Gasteiger partial charge in [-0.15, -0.1) is 11.8 Å². The van der Waals surface area contributed by atoms with Crippen LogP contribution < -0.4 is 46.4 Å². The number of benzene rings is 15. The number of thioether (sulfide) groups is 1. The van der Waals surface area contributed by atoms with Crippen LogP contribution in [0.4, 0.5) is 92.8 Å². The van der Waals surface area contributed by atoms with E-state index in [-0.39, 0.29) is 18.2 Å². The maximum Gasteiger partial charge on any atom is 0.221 e. The zero-order valence-electron chi connectivity index (χ0n) is 60.2. The summed E-state index contributed by atoms with van der Waals surface area (Å²) in [6.07, 6.45) is 0. The molecule has 2 aliphatic rings. The van der Waals surface area contributed by atoms with E-state index >= 15 is 13.2 Å². The molecule has 0 N–H and O–H groups in total. The lowest BCUT2D eigenvalue weighted by molar-refractivity contribution is 0.533. The molecule has 2 aliphatic heterocycles. The van der Waals surface area contributed by atoms with Gasteiger partial charge in [0.1, 0.15) is 17.3 Å². The van der Waals surface area contributed by atoms with Crippen molar-refractivity contribution in [3.8, 4) is 44.5 Å². The second kappa shape index (κ2) is 30.2. The Morgan fingerprint density at radius 1 is 0.361 bits per heavy atom.